The molecule has 2 aromatic carbocycles. The summed E-state index contributed by atoms with van der Waals surface area (Å²) in [5.74, 6) is 0.859. The molecule has 1 heterocycles. The minimum absolute atomic E-state index is 0.431. The molecule has 0 aromatic heterocycles. The molecule has 1 aliphatic heterocycles. The van der Waals surface area contributed by atoms with E-state index in [-0.39, 0.29) is 0 Å². The highest BCUT2D eigenvalue weighted by molar-refractivity contribution is 7.80. The molecule has 26 heavy (non-hydrogen) atoms. The van der Waals surface area contributed by atoms with Crippen LogP contribution in [0.4, 0.5) is 5.69 Å². The fourth-order valence-corrected chi connectivity index (χ4v) is 3.60. The number of likely N-dealkylation sites (tertiary alicyclic amines) is 1. The van der Waals surface area contributed by atoms with Crippen LogP contribution in [0.15, 0.2) is 48.5 Å². The summed E-state index contributed by atoms with van der Waals surface area (Å²) in [6.07, 6.45) is 2.21. The maximum absolute atomic E-state index is 5.51. The highest BCUT2D eigenvalue weighted by Gasteiger charge is 2.19. The molecule has 4 nitrogen and oxygen atoms in total. The molecule has 138 valence electrons. The summed E-state index contributed by atoms with van der Waals surface area (Å²) >= 11 is 5.51. The van der Waals surface area contributed by atoms with Crippen LogP contribution in [0.3, 0.4) is 0 Å². The summed E-state index contributed by atoms with van der Waals surface area (Å²) in [6, 6.07) is 17.1. The second kappa shape index (κ2) is 9.01. The van der Waals surface area contributed by atoms with Gasteiger partial charge in [0.05, 0.1) is 7.11 Å². The zero-order valence-corrected chi connectivity index (χ0v) is 16.3. The Bertz CT molecular complexity index is 727. The van der Waals surface area contributed by atoms with Gasteiger partial charge in [-0.3, -0.25) is 4.90 Å². The third-order valence-corrected chi connectivity index (χ3v) is 5.07. The van der Waals surface area contributed by atoms with Crippen LogP contribution in [-0.4, -0.2) is 36.3 Å². The monoisotopic (exact) mass is 369 g/mol. The first-order valence-electron chi connectivity index (χ1n) is 9.12. The Morgan fingerprint density at radius 2 is 1.88 bits per heavy atom. The van der Waals surface area contributed by atoms with E-state index in [2.05, 4.69) is 52.8 Å². The van der Waals surface area contributed by atoms with Gasteiger partial charge in [0.15, 0.2) is 5.11 Å². The van der Waals surface area contributed by atoms with E-state index >= 15 is 0 Å². The van der Waals surface area contributed by atoms with Gasteiger partial charge < -0.3 is 15.4 Å². The average molecular weight is 370 g/mol. The fraction of sp³-hybridized carbons (Fsp3) is 0.381. The maximum atomic E-state index is 5.51. The van der Waals surface area contributed by atoms with Gasteiger partial charge in [0.2, 0.25) is 0 Å². The molecule has 0 spiro atoms. The van der Waals surface area contributed by atoms with E-state index in [1.807, 2.05) is 18.2 Å². The highest BCUT2D eigenvalue weighted by Crippen LogP contribution is 2.21. The Balaban J connectivity index is 1.45. The lowest BCUT2D eigenvalue weighted by Crippen LogP contribution is -2.45. The van der Waals surface area contributed by atoms with Crippen molar-refractivity contribution >= 4 is 23.0 Å². The predicted octanol–water partition coefficient (Wildman–Crippen LogP) is 3.95. The number of methoxy groups -OCH3 is 1. The van der Waals surface area contributed by atoms with E-state index < -0.39 is 0 Å². The number of ether oxygens (including phenoxy) is 1. The van der Waals surface area contributed by atoms with E-state index in [0.29, 0.717) is 11.2 Å². The first kappa shape index (κ1) is 18.7. The lowest BCUT2D eigenvalue weighted by atomic mass is 10.0. The van der Waals surface area contributed by atoms with Crippen LogP contribution in [-0.2, 0) is 6.54 Å². The standard InChI is InChI=1S/C21H27N3OS/c1-16-14-19(25-2)8-9-20(16)23-21(26)22-18-10-12-24(13-11-18)15-17-6-4-3-5-7-17/h3-9,14,18H,10-13,15H2,1-2H3,(H2,22,23,26). The Hall–Kier alpha value is -2.11. The molecule has 1 saturated heterocycles. The van der Waals surface area contributed by atoms with Crippen LogP contribution in [0.1, 0.15) is 24.0 Å². The van der Waals surface area contributed by atoms with Crippen molar-refractivity contribution in [3.63, 3.8) is 0 Å². The van der Waals surface area contributed by atoms with Gasteiger partial charge in [-0.05, 0) is 61.3 Å². The number of nitrogens with zero attached hydrogens (tertiary/aromatic N) is 1. The molecule has 2 aromatic rings. The maximum Gasteiger partial charge on any atom is 0.171 e. The van der Waals surface area contributed by atoms with Crippen molar-refractivity contribution in [2.75, 3.05) is 25.5 Å². The molecule has 0 aliphatic carbocycles. The summed E-state index contributed by atoms with van der Waals surface area (Å²) < 4.78 is 5.25. The molecule has 0 unspecified atom stereocenters. The Morgan fingerprint density at radius 3 is 2.54 bits per heavy atom. The summed E-state index contributed by atoms with van der Waals surface area (Å²) in [7, 11) is 1.68. The van der Waals surface area contributed by atoms with Crippen LogP contribution in [0.2, 0.25) is 0 Å². The third kappa shape index (κ3) is 5.19. The predicted molar refractivity (Wildman–Crippen MR) is 112 cm³/mol. The van der Waals surface area contributed by atoms with E-state index in [9.17, 15) is 0 Å². The van der Waals surface area contributed by atoms with Crippen molar-refractivity contribution in [1.82, 2.24) is 10.2 Å². The van der Waals surface area contributed by atoms with Gasteiger partial charge in [0, 0.05) is 31.4 Å². The number of rotatable bonds is 5. The number of thiocarbonyl (C=S) groups is 1. The Kier molecular flexibility index (Phi) is 6.47. The third-order valence-electron chi connectivity index (χ3n) is 4.85. The zero-order valence-electron chi connectivity index (χ0n) is 15.5. The summed E-state index contributed by atoms with van der Waals surface area (Å²) in [4.78, 5) is 2.51. The van der Waals surface area contributed by atoms with Gasteiger partial charge in [-0.1, -0.05) is 30.3 Å². The van der Waals surface area contributed by atoms with Crippen molar-refractivity contribution in [3.05, 3.63) is 59.7 Å². The van der Waals surface area contributed by atoms with Crippen molar-refractivity contribution in [2.24, 2.45) is 0 Å². The highest BCUT2D eigenvalue weighted by atomic mass is 32.1. The Labute approximate surface area is 161 Å². The zero-order chi connectivity index (χ0) is 18.4. The number of piperidine rings is 1. The minimum Gasteiger partial charge on any atom is -0.497 e. The molecule has 5 heteroatoms. The SMILES string of the molecule is COc1ccc(NC(=S)NC2CCN(Cc3ccccc3)CC2)c(C)c1. The van der Waals surface area contributed by atoms with E-state index in [0.717, 1.165) is 49.5 Å². The Morgan fingerprint density at radius 1 is 1.15 bits per heavy atom. The van der Waals surface area contributed by atoms with Crippen LogP contribution in [0, 0.1) is 6.92 Å². The molecule has 3 rings (SSSR count). The van der Waals surface area contributed by atoms with Crippen LogP contribution < -0.4 is 15.4 Å². The molecule has 0 radical (unpaired) electrons. The number of aryl methyl sites for hydroxylation is 1. The lowest BCUT2D eigenvalue weighted by Gasteiger charge is -2.33. The van der Waals surface area contributed by atoms with Crippen LogP contribution in [0.5, 0.6) is 5.75 Å². The second-order valence-corrected chi connectivity index (χ2v) is 7.22. The average Bonchev–Trinajstić information content (AvgIpc) is 2.66. The largest absolute Gasteiger partial charge is 0.497 e. The molecule has 2 N–H and O–H groups in total. The molecule has 0 bridgehead atoms. The van der Waals surface area contributed by atoms with Gasteiger partial charge in [-0.2, -0.15) is 0 Å². The quantitative estimate of drug-likeness (QED) is 0.781. The molecule has 1 fully saturated rings. The summed E-state index contributed by atoms with van der Waals surface area (Å²) in [5, 5.41) is 7.48. The topological polar surface area (TPSA) is 36.5 Å². The van der Waals surface area contributed by atoms with Crippen molar-refractivity contribution in [2.45, 2.75) is 32.4 Å². The van der Waals surface area contributed by atoms with Crippen molar-refractivity contribution in [1.29, 1.82) is 0 Å². The van der Waals surface area contributed by atoms with Gasteiger partial charge >= 0.3 is 0 Å². The first-order chi connectivity index (χ1) is 12.6. The minimum atomic E-state index is 0.431. The van der Waals surface area contributed by atoms with E-state index in [1.165, 1.54) is 5.56 Å². The first-order valence-corrected chi connectivity index (χ1v) is 9.53. The van der Waals surface area contributed by atoms with Gasteiger partial charge in [0.1, 0.15) is 5.75 Å². The van der Waals surface area contributed by atoms with Crippen molar-refractivity contribution in [3.8, 4) is 5.75 Å². The molecule has 0 saturated carbocycles. The second-order valence-electron chi connectivity index (χ2n) is 6.82. The summed E-state index contributed by atoms with van der Waals surface area (Å²) in [5.41, 5.74) is 3.52. The normalized spacial score (nSPS) is 15.5. The van der Waals surface area contributed by atoms with E-state index in [1.54, 1.807) is 7.11 Å². The molecular weight excluding hydrogens is 342 g/mol. The molecular formula is C21H27N3OS. The number of anilines is 1. The van der Waals surface area contributed by atoms with Gasteiger partial charge in [0.25, 0.3) is 0 Å². The van der Waals surface area contributed by atoms with Crippen molar-refractivity contribution < 1.29 is 4.74 Å². The lowest BCUT2D eigenvalue weighted by molar-refractivity contribution is 0.199. The van der Waals surface area contributed by atoms with Crippen LogP contribution in [0.25, 0.3) is 0 Å². The van der Waals surface area contributed by atoms with Gasteiger partial charge in [-0.25, -0.2) is 0 Å². The molecule has 0 atom stereocenters. The smallest absolute Gasteiger partial charge is 0.171 e. The number of hydrogen-bond acceptors (Lipinski definition) is 3. The van der Waals surface area contributed by atoms with E-state index in [4.69, 9.17) is 17.0 Å². The van der Waals surface area contributed by atoms with Gasteiger partial charge in [-0.15, -0.1) is 0 Å². The molecule has 0 amide bonds. The number of hydrogen-bond donors (Lipinski definition) is 2. The molecule has 1 aliphatic rings. The fourth-order valence-electron chi connectivity index (χ4n) is 3.32. The van der Waals surface area contributed by atoms with Crippen LogP contribution >= 0.6 is 12.2 Å². The number of benzene rings is 2. The summed E-state index contributed by atoms with van der Waals surface area (Å²) in [6.45, 7) is 5.27. The number of nitrogens with one attached hydrogen (secondary N) is 2.